The van der Waals surface area contributed by atoms with Gasteiger partial charge in [0.15, 0.2) is 0 Å². The molecule has 1 heterocycles. The van der Waals surface area contributed by atoms with Gasteiger partial charge in [-0.2, -0.15) is 0 Å². The summed E-state index contributed by atoms with van der Waals surface area (Å²) in [5, 5.41) is 8.86. The summed E-state index contributed by atoms with van der Waals surface area (Å²) in [5.74, 6) is -0.778. The maximum Gasteiger partial charge on any atom is 0.323 e. The summed E-state index contributed by atoms with van der Waals surface area (Å²) in [7, 11) is 0. The minimum absolute atomic E-state index is 0.0779. The van der Waals surface area contributed by atoms with Crippen molar-refractivity contribution in [2.24, 2.45) is 0 Å². The number of carboxylic acid groups (broad SMARTS) is 1. The predicted molar refractivity (Wildman–Crippen MR) is 64.2 cm³/mol. The van der Waals surface area contributed by atoms with Gasteiger partial charge < -0.3 is 14.9 Å². The zero-order valence-corrected chi connectivity index (χ0v) is 9.39. The van der Waals surface area contributed by atoms with Crippen molar-refractivity contribution in [1.29, 1.82) is 0 Å². The highest BCUT2D eigenvalue weighted by atomic mass is 16.4. The molecule has 0 spiro atoms. The molecule has 0 saturated heterocycles. The van der Waals surface area contributed by atoms with Crippen LogP contribution in [-0.4, -0.2) is 37.3 Å². The molecule has 0 atom stereocenters. The lowest BCUT2D eigenvalue weighted by molar-refractivity contribution is -0.135. The quantitative estimate of drug-likeness (QED) is 0.836. The molecule has 0 aliphatic carbocycles. The molecule has 4 heteroatoms. The number of hydrogen-bond donors (Lipinski definition) is 1. The summed E-state index contributed by atoms with van der Waals surface area (Å²) < 4.78 is 0. The van der Waals surface area contributed by atoms with E-state index in [9.17, 15) is 4.79 Å². The first-order chi connectivity index (χ1) is 7.72. The van der Waals surface area contributed by atoms with Crippen LogP contribution in [0.1, 0.15) is 6.92 Å². The van der Waals surface area contributed by atoms with Gasteiger partial charge in [-0.3, -0.25) is 4.79 Å². The molecule has 0 amide bonds. The van der Waals surface area contributed by atoms with E-state index in [1.165, 1.54) is 0 Å². The first-order valence-corrected chi connectivity index (χ1v) is 5.53. The van der Waals surface area contributed by atoms with Gasteiger partial charge in [0, 0.05) is 19.6 Å². The number of likely N-dealkylation sites (N-methyl/N-ethyl adjacent to an activating group) is 1. The van der Waals surface area contributed by atoms with Crippen LogP contribution in [0.2, 0.25) is 0 Å². The molecular weight excluding hydrogens is 204 g/mol. The van der Waals surface area contributed by atoms with E-state index in [2.05, 4.69) is 11.8 Å². The molecule has 0 saturated carbocycles. The second-order valence-electron chi connectivity index (χ2n) is 3.88. The summed E-state index contributed by atoms with van der Waals surface area (Å²) in [5.41, 5.74) is 2.16. The number of anilines is 2. The van der Waals surface area contributed by atoms with E-state index in [1.807, 2.05) is 29.2 Å². The molecule has 2 rings (SSSR count). The second-order valence-corrected chi connectivity index (χ2v) is 3.88. The molecule has 1 aliphatic rings. The van der Waals surface area contributed by atoms with E-state index >= 15 is 0 Å². The average Bonchev–Trinajstić information content (AvgIpc) is 2.29. The fraction of sp³-hybridized carbons (Fsp3) is 0.417. The molecular formula is C12H16N2O2. The van der Waals surface area contributed by atoms with E-state index in [0.717, 1.165) is 31.0 Å². The van der Waals surface area contributed by atoms with Gasteiger partial charge in [-0.1, -0.05) is 12.1 Å². The van der Waals surface area contributed by atoms with Crippen molar-refractivity contribution in [3.63, 3.8) is 0 Å². The van der Waals surface area contributed by atoms with Gasteiger partial charge in [-0.05, 0) is 19.1 Å². The fourth-order valence-corrected chi connectivity index (χ4v) is 2.14. The molecule has 1 aromatic rings. The van der Waals surface area contributed by atoms with Crippen LogP contribution in [0.4, 0.5) is 11.4 Å². The van der Waals surface area contributed by atoms with Crippen LogP contribution in [0.15, 0.2) is 24.3 Å². The van der Waals surface area contributed by atoms with Gasteiger partial charge in [0.25, 0.3) is 0 Å². The maximum atomic E-state index is 10.8. The summed E-state index contributed by atoms with van der Waals surface area (Å²) >= 11 is 0. The predicted octanol–water partition coefficient (Wildman–Crippen LogP) is 1.42. The van der Waals surface area contributed by atoms with Crippen LogP contribution in [0, 0.1) is 0 Å². The third-order valence-electron chi connectivity index (χ3n) is 2.91. The lowest BCUT2D eigenvalue weighted by Crippen LogP contribution is -2.43. The molecule has 0 fully saturated rings. The molecule has 4 nitrogen and oxygen atoms in total. The van der Waals surface area contributed by atoms with Crippen LogP contribution in [0.5, 0.6) is 0 Å². The average molecular weight is 220 g/mol. The molecule has 1 aromatic carbocycles. The number of hydrogen-bond acceptors (Lipinski definition) is 3. The zero-order chi connectivity index (χ0) is 11.5. The highest BCUT2D eigenvalue weighted by molar-refractivity contribution is 5.80. The monoisotopic (exact) mass is 220 g/mol. The number of nitrogens with zero attached hydrogens (tertiary/aromatic N) is 2. The van der Waals surface area contributed by atoms with E-state index in [4.69, 9.17) is 5.11 Å². The Morgan fingerprint density at radius 1 is 1.25 bits per heavy atom. The summed E-state index contributed by atoms with van der Waals surface area (Å²) in [6.45, 7) is 4.81. The van der Waals surface area contributed by atoms with E-state index < -0.39 is 5.97 Å². The topological polar surface area (TPSA) is 43.8 Å². The third-order valence-corrected chi connectivity index (χ3v) is 2.91. The van der Waals surface area contributed by atoms with Crippen LogP contribution >= 0.6 is 0 Å². The van der Waals surface area contributed by atoms with Gasteiger partial charge >= 0.3 is 5.97 Å². The summed E-state index contributed by atoms with van der Waals surface area (Å²) in [4.78, 5) is 15.0. The van der Waals surface area contributed by atoms with Gasteiger partial charge in [0.2, 0.25) is 0 Å². The van der Waals surface area contributed by atoms with Crippen LogP contribution in [0.3, 0.4) is 0 Å². The van der Waals surface area contributed by atoms with Gasteiger partial charge in [-0.25, -0.2) is 0 Å². The zero-order valence-electron chi connectivity index (χ0n) is 9.39. The van der Waals surface area contributed by atoms with Gasteiger partial charge in [0.05, 0.1) is 11.4 Å². The number of carbonyl (C=O) groups is 1. The number of benzene rings is 1. The Labute approximate surface area is 95.1 Å². The Balaban J connectivity index is 2.31. The number of carboxylic acids is 1. The second kappa shape index (κ2) is 4.43. The summed E-state index contributed by atoms with van der Waals surface area (Å²) in [6.07, 6.45) is 0. The van der Waals surface area contributed by atoms with Crippen molar-refractivity contribution in [3.8, 4) is 0 Å². The maximum absolute atomic E-state index is 10.8. The Morgan fingerprint density at radius 3 is 2.38 bits per heavy atom. The van der Waals surface area contributed by atoms with Crippen molar-refractivity contribution >= 4 is 17.3 Å². The minimum Gasteiger partial charge on any atom is -0.480 e. The lowest BCUT2D eigenvalue weighted by atomic mass is 10.1. The molecule has 16 heavy (non-hydrogen) atoms. The van der Waals surface area contributed by atoms with Crippen LogP contribution < -0.4 is 9.80 Å². The van der Waals surface area contributed by atoms with E-state index in [0.29, 0.717) is 0 Å². The lowest BCUT2D eigenvalue weighted by Gasteiger charge is -2.37. The molecule has 0 unspecified atom stereocenters. The first-order valence-electron chi connectivity index (χ1n) is 5.53. The van der Waals surface area contributed by atoms with E-state index in [-0.39, 0.29) is 6.54 Å². The standard InChI is InChI=1S/C12H16N2O2/c1-2-13-7-8-14(9-12(15)16)11-6-4-3-5-10(11)13/h3-6H,2,7-9H2,1H3,(H,15,16). The Kier molecular flexibility index (Phi) is 2.99. The number of fused-ring (bicyclic) bond motifs is 1. The van der Waals surface area contributed by atoms with Crippen molar-refractivity contribution < 1.29 is 9.90 Å². The van der Waals surface area contributed by atoms with E-state index in [1.54, 1.807) is 0 Å². The van der Waals surface area contributed by atoms with Crippen LogP contribution in [0.25, 0.3) is 0 Å². The third kappa shape index (κ3) is 1.96. The van der Waals surface area contributed by atoms with Gasteiger partial charge in [-0.15, -0.1) is 0 Å². The number of para-hydroxylation sites is 2. The van der Waals surface area contributed by atoms with Crippen molar-refractivity contribution in [2.45, 2.75) is 6.92 Å². The normalized spacial score (nSPS) is 14.8. The number of rotatable bonds is 3. The molecule has 0 radical (unpaired) electrons. The molecule has 1 N–H and O–H groups in total. The number of aliphatic carboxylic acids is 1. The Hall–Kier alpha value is -1.71. The molecule has 1 aliphatic heterocycles. The smallest absolute Gasteiger partial charge is 0.323 e. The highest BCUT2D eigenvalue weighted by Gasteiger charge is 2.22. The molecule has 0 aromatic heterocycles. The minimum atomic E-state index is -0.778. The first kappa shape index (κ1) is 10.8. The van der Waals surface area contributed by atoms with Gasteiger partial charge in [0.1, 0.15) is 6.54 Å². The largest absolute Gasteiger partial charge is 0.480 e. The Bertz CT molecular complexity index is 392. The molecule has 86 valence electrons. The van der Waals surface area contributed by atoms with Crippen LogP contribution in [-0.2, 0) is 4.79 Å². The fourth-order valence-electron chi connectivity index (χ4n) is 2.14. The summed E-state index contributed by atoms with van der Waals surface area (Å²) in [6, 6.07) is 7.98. The SMILES string of the molecule is CCN1CCN(CC(=O)O)c2ccccc21. The molecule has 0 bridgehead atoms. The van der Waals surface area contributed by atoms with Crippen molar-refractivity contribution in [1.82, 2.24) is 0 Å². The van der Waals surface area contributed by atoms with Crippen molar-refractivity contribution in [2.75, 3.05) is 36.0 Å². The Morgan fingerprint density at radius 2 is 1.81 bits per heavy atom. The highest BCUT2D eigenvalue weighted by Crippen LogP contribution is 2.32. The van der Waals surface area contributed by atoms with Crippen molar-refractivity contribution in [3.05, 3.63) is 24.3 Å².